The van der Waals surface area contributed by atoms with E-state index in [1.165, 1.54) is 5.41 Å². The Kier molecular flexibility index (Phi) is 3.44. The molecule has 2 heterocycles. The fourth-order valence-electron chi connectivity index (χ4n) is 1.61. The molecular weight excluding hydrogens is 240 g/mol. The van der Waals surface area contributed by atoms with Crippen molar-refractivity contribution in [3.63, 3.8) is 0 Å². The van der Waals surface area contributed by atoms with Crippen LogP contribution in [-0.4, -0.2) is 32.3 Å². The molecular formula is C11H14N2O3S. The van der Waals surface area contributed by atoms with Crippen molar-refractivity contribution in [2.24, 2.45) is 0 Å². The van der Waals surface area contributed by atoms with Crippen LogP contribution in [0.2, 0.25) is 0 Å². The number of sulfone groups is 1. The number of ether oxygens (including phenoxy) is 1. The van der Waals surface area contributed by atoms with Crippen molar-refractivity contribution in [1.82, 2.24) is 10.3 Å². The second kappa shape index (κ2) is 4.85. The molecule has 0 spiro atoms. The molecule has 1 aliphatic heterocycles. The SMILES string of the molecule is COc1cccc(CNC2C=CS(=O)(=O)C2)n1. The maximum Gasteiger partial charge on any atom is 0.213 e. The van der Waals surface area contributed by atoms with Crippen LogP contribution in [0.1, 0.15) is 5.69 Å². The van der Waals surface area contributed by atoms with Crippen LogP contribution in [0.15, 0.2) is 29.7 Å². The largest absolute Gasteiger partial charge is 0.481 e. The van der Waals surface area contributed by atoms with Crippen LogP contribution in [0.4, 0.5) is 0 Å². The molecule has 5 nitrogen and oxygen atoms in total. The molecule has 0 radical (unpaired) electrons. The summed E-state index contributed by atoms with van der Waals surface area (Å²) >= 11 is 0. The van der Waals surface area contributed by atoms with Crippen molar-refractivity contribution in [3.8, 4) is 5.88 Å². The Hall–Kier alpha value is -1.40. The van der Waals surface area contributed by atoms with E-state index in [9.17, 15) is 8.42 Å². The summed E-state index contributed by atoms with van der Waals surface area (Å²) in [6.07, 6.45) is 1.66. The number of methoxy groups -OCH3 is 1. The van der Waals surface area contributed by atoms with Gasteiger partial charge in [-0.1, -0.05) is 12.1 Å². The average Bonchev–Trinajstić information content (AvgIpc) is 2.67. The lowest BCUT2D eigenvalue weighted by Gasteiger charge is -2.09. The molecule has 0 fully saturated rings. The van der Waals surface area contributed by atoms with Gasteiger partial charge in [-0.25, -0.2) is 13.4 Å². The molecule has 1 aliphatic rings. The molecule has 0 aromatic carbocycles. The molecule has 0 aliphatic carbocycles. The topological polar surface area (TPSA) is 68.3 Å². The highest BCUT2D eigenvalue weighted by molar-refractivity contribution is 7.94. The Morgan fingerprint density at radius 2 is 2.35 bits per heavy atom. The van der Waals surface area contributed by atoms with Crippen LogP contribution in [0, 0.1) is 0 Å². The molecule has 17 heavy (non-hydrogen) atoms. The van der Waals surface area contributed by atoms with Crippen molar-refractivity contribution in [2.75, 3.05) is 12.9 Å². The summed E-state index contributed by atoms with van der Waals surface area (Å²) in [5.74, 6) is 0.677. The first-order valence-corrected chi connectivity index (χ1v) is 6.95. The molecule has 1 atom stereocenters. The molecule has 1 unspecified atom stereocenters. The van der Waals surface area contributed by atoms with Gasteiger partial charge in [-0.05, 0) is 6.07 Å². The van der Waals surface area contributed by atoms with Crippen molar-refractivity contribution < 1.29 is 13.2 Å². The van der Waals surface area contributed by atoms with Crippen LogP contribution in [0.5, 0.6) is 5.88 Å². The minimum Gasteiger partial charge on any atom is -0.481 e. The van der Waals surface area contributed by atoms with Gasteiger partial charge < -0.3 is 10.1 Å². The molecule has 0 bridgehead atoms. The maximum atomic E-state index is 11.2. The lowest BCUT2D eigenvalue weighted by atomic mass is 10.3. The van der Waals surface area contributed by atoms with Crippen molar-refractivity contribution in [2.45, 2.75) is 12.6 Å². The van der Waals surface area contributed by atoms with E-state index < -0.39 is 9.84 Å². The molecule has 92 valence electrons. The van der Waals surface area contributed by atoms with Gasteiger partial charge in [0, 0.05) is 24.1 Å². The third-order valence-electron chi connectivity index (χ3n) is 2.47. The van der Waals surface area contributed by atoms with Crippen molar-refractivity contribution >= 4 is 9.84 Å². The predicted octanol–water partition coefficient (Wildman–Crippen LogP) is 0.490. The molecule has 1 aromatic heterocycles. The first-order valence-electron chi connectivity index (χ1n) is 5.23. The van der Waals surface area contributed by atoms with E-state index >= 15 is 0 Å². The average molecular weight is 254 g/mol. The molecule has 2 rings (SSSR count). The highest BCUT2D eigenvalue weighted by Crippen LogP contribution is 2.10. The van der Waals surface area contributed by atoms with Gasteiger partial charge in [-0.2, -0.15) is 0 Å². The maximum absolute atomic E-state index is 11.2. The first kappa shape index (κ1) is 12.1. The van der Waals surface area contributed by atoms with Gasteiger partial charge in [0.15, 0.2) is 9.84 Å². The summed E-state index contributed by atoms with van der Waals surface area (Å²) in [7, 11) is -1.44. The Balaban J connectivity index is 1.92. The Morgan fingerprint density at radius 1 is 1.53 bits per heavy atom. The van der Waals surface area contributed by atoms with Crippen LogP contribution < -0.4 is 10.1 Å². The normalized spacial score (nSPS) is 21.6. The predicted molar refractivity (Wildman–Crippen MR) is 64.3 cm³/mol. The quantitative estimate of drug-likeness (QED) is 0.847. The molecule has 6 heteroatoms. The molecule has 0 saturated heterocycles. The fourth-order valence-corrected chi connectivity index (χ4v) is 2.88. The van der Waals surface area contributed by atoms with E-state index in [0.717, 1.165) is 5.69 Å². The van der Waals surface area contributed by atoms with Crippen molar-refractivity contribution in [1.29, 1.82) is 0 Å². The van der Waals surface area contributed by atoms with E-state index in [-0.39, 0.29) is 11.8 Å². The summed E-state index contributed by atoms with van der Waals surface area (Å²) in [5.41, 5.74) is 0.821. The molecule has 0 saturated carbocycles. The van der Waals surface area contributed by atoms with E-state index in [1.54, 1.807) is 19.3 Å². The van der Waals surface area contributed by atoms with Crippen LogP contribution in [-0.2, 0) is 16.4 Å². The Bertz CT molecular complexity index is 525. The number of pyridine rings is 1. The van der Waals surface area contributed by atoms with Gasteiger partial charge in [0.2, 0.25) is 5.88 Å². The second-order valence-corrected chi connectivity index (χ2v) is 5.75. The molecule has 0 amide bonds. The van der Waals surface area contributed by atoms with Crippen LogP contribution in [0.3, 0.4) is 0 Å². The number of aromatic nitrogens is 1. The van der Waals surface area contributed by atoms with Gasteiger partial charge in [0.05, 0.1) is 18.6 Å². The van der Waals surface area contributed by atoms with Gasteiger partial charge in [0.25, 0.3) is 0 Å². The van der Waals surface area contributed by atoms with Gasteiger partial charge in [-0.15, -0.1) is 0 Å². The fraction of sp³-hybridized carbons (Fsp3) is 0.364. The summed E-state index contributed by atoms with van der Waals surface area (Å²) < 4.78 is 27.4. The van der Waals surface area contributed by atoms with Gasteiger partial charge >= 0.3 is 0 Å². The third kappa shape index (κ3) is 3.28. The summed E-state index contributed by atoms with van der Waals surface area (Å²) in [6.45, 7) is 0.516. The van der Waals surface area contributed by atoms with E-state index in [2.05, 4.69) is 10.3 Å². The highest BCUT2D eigenvalue weighted by Gasteiger charge is 2.20. The zero-order valence-corrected chi connectivity index (χ0v) is 10.3. The van der Waals surface area contributed by atoms with Gasteiger partial charge in [-0.3, -0.25) is 0 Å². The van der Waals surface area contributed by atoms with E-state index in [1.807, 2.05) is 12.1 Å². The number of hydrogen-bond acceptors (Lipinski definition) is 5. The zero-order chi connectivity index (χ0) is 12.3. The Labute approximate surface area is 100 Å². The number of rotatable bonds is 4. The zero-order valence-electron chi connectivity index (χ0n) is 9.46. The lowest BCUT2D eigenvalue weighted by Crippen LogP contribution is -2.29. The minimum atomic E-state index is -3.00. The van der Waals surface area contributed by atoms with E-state index in [0.29, 0.717) is 12.4 Å². The summed E-state index contributed by atoms with van der Waals surface area (Å²) in [4.78, 5) is 4.23. The first-order chi connectivity index (χ1) is 8.09. The van der Waals surface area contributed by atoms with Crippen molar-refractivity contribution in [3.05, 3.63) is 35.4 Å². The molecule has 1 aromatic rings. The van der Waals surface area contributed by atoms with Crippen LogP contribution in [0.25, 0.3) is 0 Å². The van der Waals surface area contributed by atoms with Crippen LogP contribution >= 0.6 is 0 Å². The highest BCUT2D eigenvalue weighted by atomic mass is 32.2. The Morgan fingerprint density at radius 3 is 3.00 bits per heavy atom. The van der Waals surface area contributed by atoms with E-state index in [4.69, 9.17) is 4.74 Å². The molecule has 1 N–H and O–H groups in total. The second-order valence-electron chi connectivity index (χ2n) is 3.82. The summed E-state index contributed by atoms with van der Waals surface area (Å²) in [6, 6.07) is 5.35. The summed E-state index contributed by atoms with van der Waals surface area (Å²) in [5, 5.41) is 4.37. The smallest absolute Gasteiger partial charge is 0.213 e. The lowest BCUT2D eigenvalue weighted by molar-refractivity contribution is 0.395. The monoisotopic (exact) mass is 254 g/mol. The third-order valence-corrected chi connectivity index (χ3v) is 3.86. The minimum absolute atomic E-state index is 0.122. The number of nitrogens with one attached hydrogen (secondary N) is 1. The standard InChI is InChI=1S/C11H14N2O3S/c1-16-11-4-2-3-9(13-11)7-12-10-5-6-17(14,15)8-10/h2-6,10,12H,7-8H2,1H3. The number of nitrogens with zero attached hydrogens (tertiary/aromatic N) is 1. The van der Waals surface area contributed by atoms with Gasteiger partial charge in [0.1, 0.15) is 0 Å². The number of hydrogen-bond donors (Lipinski definition) is 1.